The first-order chi connectivity index (χ1) is 12.5. The fourth-order valence-corrected chi connectivity index (χ4v) is 3.20. The molecule has 1 heterocycles. The number of carbonyl (C=O) groups is 1. The van der Waals surface area contributed by atoms with Crippen LogP contribution in [0, 0.1) is 13.8 Å². The van der Waals surface area contributed by atoms with Crippen LogP contribution >= 0.6 is 11.5 Å². The third-order valence-electron chi connectivity index (χ3n) is 4.16. The van der Waals surface area contributed by atoms with E-state index < -0.39 is 0 Å². The highest BCUT2D eigenvalue weighted by Gasteiger charge is 2.13. The Balaban J connectivity index is 1.58. The second-order valence-electron chi connectivity index (χ2n) is 6.36. The highest BCUT2D eigenvalue weighted by atomic mass is 32.1. The molecule has 0 saturated carbocycles. The number of hydrogen-bond acceptors (Lipinski definition) is 5. The standard InChI is InChI=1S/C20H22N4OS/c1-14-9-10-17(11-15(14)2)21-19(25)13-24(3)20-22-18(23-26-20)12-16-7-5-4-6-8-16/h4-11H,12-13H2,1-3H3,(H,21,25). The number of anilines is 2. The zero-order valence-electron chi connectivity index (χ0n) is 15.2. The number of carbonyl (C=O) groups excluding carboxylic acids is 1. The molecule has 134 valence electrons. The molecule has 26 heavy (non-hydrogen) atoms. The van der Waals surface area contributed by atoms with Crippen LogP contribution in [0.15, 0.2) is 48.5 Å². The Morgan fingerprint density at radius 2 is 1.88 bits per heavy atom. The highest BCUT2D eigenvalue weighted by Crippen LogP contribution is 2.18. The zero-order valence-corrected chi connectivity index (χ0v) is 16.0. The summed E-state index contributed by atoms with van der Waals surface area (Å²) in [6, 6.07) is 16.0. The monoisotopic (exact) mass is 366 g/mol. The molecule has 6 heteroatoms. The van der Waals surface area contributed by atoms with Gasteiger partial charge in [-0.2, -0.15) is 4.37 Å². The topological polar surface area (TPSA) is 58.1 Å². The number of aryl methyl sites for hydroxylation is 2. The van der Waals surface area contributed by atoms with Crippen LogP contribution in [-0.4, -0.2) is 28.9 Å². The number of rotatable bonds is 6. The van der Waals surface area contributed by atoms with Gasteiger partial charge in [-0.25, -0.2) is 4.98 Å². The minimum atomic E-state index is -0.0736. The fraction of sp³-hybridized carbons (Fsp3) is 0.250. The molecule has 0 fully saturated rings. The van der Waals surface area contributed by atoms with Crippen molar-refractivity contribution in [3.8, 4) is 0 Å². The minimum absolute atomic E-state index is 0.0736. The first-order valence-corrected chi connectivity index (χ1v) is 9.23. The van der Waals surface area contributed by atoms with E-state index >= 15 is 0 Å². The van der Waals surface area contributed by atoms with Gasteiger partial charge in [0.1, 0.15) is 5.82 Å². The van der Waals surface area contributed by atoms with E-state index in [0.29, 0.717) is 6.42 Å². The van der Waals surface area contributed by atoms with Crippen LogP contribution in [0.2, 0.25) is 0 Å². The quantitative estimate of drug-likeness (QED) is 0.720. The van der Waals surface area contributed by atoms with E-state index in [2.05, 4.69) is 33.7 Å². The van der Waals surface area contributed by atoms with Crippen LogP contribution in [0.3, 0.4) is 0 Å². The van der Waals surface area contributed by atoms with Gasteiger partial charge < -0.3 is 10.2 Å². The first kappa shape index (κ1) is 18.1. The van der Waals surface area contributed by atoms with Crippen molar-refractivity contribution in [2.24, 2.45) is 0 Å². The molecular formula is C20H22N4OS. The second kappa shape index (κ2) is 8.10. The number of hydrogen-bond donors (Lipinski definition) is 1. The number of amides is 1. The number of nitrogens with one attached hydrogen (secondary N) is 1. The molecule has 3 rings (SSSR count). The summed E-state index contributed by atoms with van der Waals surface area (Å²) in [4.78, 5) is 18.7. The Morgan fingerprint density at radius 1 is 1.12 bits per heavy atom. The van der Waals surface area contributed by atoms with E-state index in [1.807, 2.05) is 55.3 Å². The van der Waals surface area contributed by atoms with Gasteiger partial charge >= 0.3 is 0 Å². The largest absolute Gasteiger partial charge is 0.341 e. The smallest absolute Gasteiger partial charge is 0.243 e. The maximum atomic E-state index is 12.3. The van der Waals surface area contributed by atoms with E-state index in [9.17, 15) is 4.79 Å². The molecule has 5 nitrogen and oxygen atoms in total. The molecule has 3 aromatic rings. The van der Waals surface area contributed by atoms with Crippen LogP contribution in [0.4, 0.5) is 10.8 Å². The van der Waals surface area contributed by atoms with Crippen molar-refractivity contribution in [1.29, 1.82) is 0 Å². The SMILES string of the molecule is Cc1ccc(NC(=O)CN(C)c2nc(Cc3ccccc3)ns2)cc1C. The summed E-state index contributed by atoms with van der Waals surface area (Å²) in [5.41, 5.74) is 4.35. The summed E-state index contributed by atoms with van der Waals surface area (Å²) in [5.74, 6) is 0.702. The number of aromatic nitrogens is 2. The second-order valence-corrected chi connectivity index (χ2v) is 7.09. The number of likely N-dealkylation sites (N-methyl/N-ethyl adjacent to an activating group) is 1. The Bertz CT molecular complexity index is 892. The molecule has 1 amide bonds. The molecule has 1 N–H and O–H groups in total. The average molecular weight is 366 g/mol. The van der Waals surface area contributed by atoms with Gasteiger partial charge in [0.2, 0.25) is 11.0 Å². The Kier molecular flexibility index (Phi) is 5.63. The average Bonchev–Trinajstić information content (AvgIpc) is 3.07. The Hall–Kier alpha value is -2.73. The summed E-state index contributed by atoms with van der Waals surface area (Å²) >= 11 is 1.31. The van der Waals surface area contributed by atoms with E-state index in [4.69, 9.17) is 0 Å². The molecule has 0 aliphatic carbocycles. The van der Waals surface area contributed by atoms with Gasteiger partial charge in [0.25, 0.3) is 0 Å². The predicted molar refractivity (Wildman–Crippen MR) is 107 cm³/mol. The summed E-state index contributed by atoms with van der Waals surface area (Å²) < 4.78 is 4.40. The highest BCUT2D eigenvalue weighted by molar-refractivity contribution is 7.09. The third-order valence-corrected chi connectivity index (χ3v) is 5.03. The van der Waals surface area contributed by atoms with Crippen molar-refractivity contribution in [3.05, 3.63) is 71.0 Å². The normalized spacial score (nSPS) is 10.6. The maximum Gasteiger partial charge on any atom is 0.243 e. The van der Waals surface area contributed by atoms with E-state index in [1.54, 1.807) is 0 Å². The van der Waals surface area contributed by atoms with Gasteiger partial charge in [0, 0.05) is 30.7 Å². The first-order valence-electron chi connectivity index (χ1n) is 8.46. The van der Waals surface area contributed by atoms with Gasteiger partial charge in [0.05, 0.1) is 6.54 Å². The number of nitrogens with zero attached hydrogens (tertiary/aromatic N) is 3. The molecule has 0 spiro atoms. The third kappa shape index (κ3) is 4.67. The summed E-state index contributed by atoms with van der Waals surface area (Å²) in [7, 11) is 1.85. The minimum Gasteiger partial charge on any atom is -0.341 e. The van der Waals surface area contributed by atoms with Crippen molar-refractivity contribution in [1.82, 2.24) is 9.36 Å². The van der Waals surface area contributed by atoms with E-state index in [1.165, 1.54) is 22.7 Å². The van der Waals surface area contributed by atoms with Crippen LogP contribution in [0.5, 0.6) is 0 Å². The van der Waals surface area contributed by atoms with Gasteiger partial charge in [-0.3, -0.25) is 4.79 Å². The molecule has 0 aliphatic rings. The molecule has 0 atom stereocenters. The lowest BCUT2D eigenvalue weighted by Crippen LogP contribution is -2.30. The van der Waals surface area contributed by atoms with Crippen molar-refractivity contribution >= 4 is 28.3 Å². The lowest BCUT2D eigenvalue weighted by molar-refractivity contribution is -0.114. The molecule has 0 radical (unpaired) electrons. The summed E-state index contributed by atoms with van der Waals surface area (Å²) in [6.45, 7) is 4.32. The lowest BCUT2D eigenvalue weighted by atomic mass is 10.1. The van der Waals surface area contributed by atoms with E-state index in [0.717, 1.165) is 22.2 Å². The Labute approximate surface area is 157 Å². The molecule has 0 aliphatic heterocycles. The van der Waals surface area contributed by atoms with Crippen molar-refractivity contribution in [3.63, 3.8) is 0 Å². The fourth-order valence-electron chi connectivity index (χ4n) is 2.55. The summed E-state index contributed by atoms with van der Waals surface area (Å²) in [5, 5.41) is 3.67. The van der Waals surface area contributed by atoms with Crippen LogP contribution in [-0.2, 0) is 11.2 Å². The molecule has 2 aromatic carbocycles. The van der Waals surface area contributed by atoms with E-state index in [-0.39, 0.29) is 12.5 Å². The van der Waals surface area contributed by atoms with Gasteiger partial charge in [-0.05, 0) is 42.7 Å². The Morgan fingerprint density at radius 3 is 2.62 bits per heavy atom. The molecule has 0 bridgehead atoms. The van der Waals surface area contributed by atoms with Crippen molar-refractivity contribution in [2.45, 2.75) is 20.3 Å². The molecule has 0 saturated heterocycles. The van der Waals surface area contributed by atoms with Gasteiger partial charge in [-0.1, -0.05) is 36.4 Å². The van der Waals surface area contributed by atoms with Crippen LogP contribution < -0.4 is 10.2 Å². The molecule has 0 unspecified atom stereocenters. The van der Waals surface area contributed by atoms with Crippen molar-refractivity contribution < 1.29 is 4.79 Å². The number of benzene rings is 2. The zero-order chi connectivity index (χ0) is 18.5. The van der Waals surface area contributed by atoms with Crippen molar-refractivity contribution in [2.75, 3.05) is 23.8 Å². The van der Waals surface area contributed by atoms with Gasteiger partial charge in [-0.15, -0.1) is 0 Å². The summed E-state index contributed by atoms with van der Waals surface area (Å²) in [6.07, 6.45) is 0.694. The predicted octanol–water partition coefficient (Wildman–Crippen LogP) is 3.82. The molecular weight excluding hydrogens is 344 g/mol. The van der Waals surface area contributed by atoms with Gasteiger partial charge in [0.15, 0.2) is 0 Å². The van der Waals surface area contributed by atoms with Crippen LogP contribution in [0.25, 0.3) is 0 Å². The lowest BCUT2D eigenvalue weighted by Gasteiger charge is -2.15. The molecule has 1 aromatic heterocycles. The maximum absolute atomic E-state index is 12.3. The van der Waals surface area contributed by atoms with Crippen LogP contribution in [0.1, 0.15) is 22.5 Å².